The zero-order valence-electron chi connectivity index (χ0n) is 14.4. The van der Waals surface area contributed by atoms with E-state index in [9.17, 15) is 13.2 Å². The molecule has 0 saturated carbocycles. The third kappa shape index (κ3) is 7.05. The maximum absolute atomic E-state index is 12.1. The van der Waals surface area contributed by atoms with Gasteiger partial charge in [-0.25, -0.2) is 8.42 Å². The summed E-state index contributed by atoms with van der Waals surface area (Å²) in [6.45, 7) is 0.259. The molecule has 0 unspecified atom stereocenters. The summed E-state index contributed by atoms with van der Waals surface area (Å²) >= 11 is 5.04. The van der Waals surface area contributed by atoms with Gasteiger partial charge in [0.2, 0.25) is 15.9 Å². The molecular weight excluding hydrogens is 440 g/mol. The summed E-state index contributed by atoms with van der Waals surface area (Å²) in [6.07, 6.45) is 3.54. The molecule has 0 bridgehead atoms. The molecule has 0 aliphatic carbocycles. The fourth-order valence-corrected chi connectivity index (χ4v) is 4.28. The highest BCUT2D eigenvalue weighted by Crippen LogP contribution is 2.21. The van der Waals surface area contributed by atoms with Crippen LogP contribution in [0.1, 0.15) is 12.2 Å². The molecule has 0 aliphatic rings. The van der Waals surface area contributed by atoms with Crippen molar-refractivity contribution in [2.75, 3.05) is 29.4 Å². The Labute approximate surface area is 166 Å². The quantitative estimate of drug-likeness (QED) is 0.550. The summed E-state index contributed by atoms with van der Waals surface area (Å²) in [4.78, 5) is 12.1. The lowest BCUT2D eigenvalue weighted by Crippen LogP contribution is -2.40. The smallest absolute Gasteiger partial charge is 0.240 e. The van der Waals surface area contributed by atoms with Gasteiger partial charge >= 0.3 is 0 Å². The number of nitrogens with zero attached hydrogens (tertiary/aromatic N) is 1. The van der Waals surface area contributed by atoms with Crippen molar-refractivity contribution in [2.24, 2.45) is 0 Å². The number of sulfonamides is 1. The Hall–Kier alpha value is -1.45. The number of nitrogens with one attached hydrogen (secondary N) is 1. The van der Waals surface area contributed by atoms with Gasteiger partial charge in [0, 0.05) is 11.0 Å². The van der Waals surface area contributed by atoms with Gasteiger partial charge in [-0.05, 0) is 42.5 Å². The number of amides is 1. The monoisotopic (exact) mass is 460 g/mol. The van der Waals surface area contributed by atoms with Crippen LogP contribution in [0.15, 0.2) is 51.6 Å². The van der Waals surface area contributed by atoms with E-state index in [1.54, 1.807) is 42.3 Å². The first-order valence-electron chi connectivity index (χ1n) is 7.96. The minimum atomic E-state index is -3.56. The number of carbonyl (C=O) groups is 1. The van der Waals surface area contributed by atoms with Gasteiger partial charge in [-0.1, -0.05) is 22.0 Å². The maximum atomic E-state index is 12.1. The Kier molecular flexibility index (Phi) is 8.05. The number of furan rings is 1. The molecule has 9 heteroatoms. The molecule has 0 saturated heterocycles. The number of benzene rings is 1. The summed E-state index contributed by atoms with van der Waals surface area (Å²) in [6, 6.07) is 10.6. The van der Waals surface area contributed by atoms with E-state index in [-0.39, 0.29) is 12.5 Å². The lowest BCUT2D eigenvalue weighted by atomic mass is 10.3. The van der Waals surface area contributed by atoms with Crippen LogP contribution in [0.5, 0.6) is 0 Å². The van der Waals surface area contributed by atoms with Crippen LogP contribution in [-0.4, -0.2) is 39.4 Å². The van der Waals surface area contributed by atoms with Crippen LogP contribution in [0.2, 0.25) is 0 Å². The highest BCUT2D eigenvalue weighted by atomic mass is 79.9. The second-order valence-electron chi connectivity index (χ2n) is 5.58. The molecule has 0 spiro atoms. The van der Waals surface area contributed by atoms with E-state index in [0.29, 0.717) is 12.2 Å². The van der Waals surface area contributed by atoms with Crippen LogP contribution in [0.4, 0.5) is 5.69 Å². The first-order chi connectivity index (χ1) is 12.4. The van der Waals surface area contributed by atoms with Gasteiger partial charge in [0.05, 0.1) is 24.0 Å². The molecule has 1 N–H and O–H groups in total. The van der Waals surface area contributed by atoms with Gasteiger partial charge in [0.15, 0.2) is 0 Å². The van der Waals surface area contributed by atoms with Crippen molar-refractivity contribution in [2.45, 2.75) is 12.2 Å². The third-order valence-corrected chi connectivity index (χ3v) is 6.10. The van der Waals surface area contributed by atoms with Crippen LogP contribution >= 0.6 is 27.7 Å². The maximum Gasteiger partial charge on any atom is 0.240 e. The zero-order chi connectivity index (χ0) is 19.0. The second-order valence-corrected chi connectivity index (χ2v) is 9.51. The third-order valence-electron chi connectivity index (χ3n) is 3.40. The Morgan fingerprint density at radius 3 is 2.77 bits per heavy atom. The van der Waals surface area contributed by atoms with Crippen LogP contribution < -0.4 is 9.62 Å². The fourth-order valence-electron chi connectivity index (χ4n) is 2.19. The van der Waals surface area contributed by atoms with Gasteiger partial charge in [0.25, 0.3) is 0 Å². The SMILES string of the molecule is CS(=O)(=O)N(CC(=O)NCCCSCc1ccco1)c1cccc(Br)c1. The molecule has 0 radical (unpaired) electrons. The molecule has 26 heavy (non-hydrogen) atoms. The normalized spacial score (nSPS) is 11.3. The molecule has 142 valence electrons. The largest absolute Gasteiger partial charge is 0.468 e. The Morgan fingerprint density at radius 2 is 2.12 bits per heavy atom. The summed E-state index contributed by atoms with van der Waals surface area (Å²) in [5, 5.41) is 2.77. The van der Waals surface area contributed by atoms with E-state index in [1.165, 1.54) is 0 Å². The van der Waals surface area contributed by atoms with Crippen molar-refractivity contribution in [3.63, 3.8) is 0 Å². The molecule has 2 aromatic rings. The molecule has 0 aliphatic heterocycles. The van der Waals surface area contributed by atoms with Crippen molar-refractivity contribution in [3.05, 3.63) is 52.9 Å². The van der Waals surface area contributed by atoms with Gasteiger partial charge in [-0.2, -0.15) is 11.8 Å². The van der Waals surface area contributed by atoms with E-state index in [2.05, 4.69) is 21.2 Å². The van der Waals surface area contributed by atoms with Crippen molar-refractivity contribution in [3.8, 4) is 0 Å². The van der Waals surface area contributed by atoms with Crippen molar-refractivity contribution in [1.29, 1.82) is 0 Å². The molecule has 0 atom stereocenters. The predicted molar refractivity (Wildman–Crippen MR) is 109 cm³/mol. The van der Waals surface area contributed by atoms with Crippen LogP contribution in [-0.2, 0) is 20.6 Å². The minimum Gasteiger partial charge on any atom is -0.468 e. The first kappa shape index (κ1) is 20.9. The second kappa shape index (κ2) is 10.0. The van der Waals surface area contributed by atoms with E-state index < -0.39 is 10.0 Å². The fraction of sp³-hybridized carbons (Fsp3) is 0.353. The van der Waals surface area contributed by atoms with Crippen LogP contribution in [0, 0.1) is 0 Å². The summed E-state index contributed by atoms with van der Waals surface area (Å²) in [7, 11) is -3.56. The molecule has 6 nitrogen and oxygen atoms in total. The lowest BCUT2D eigenvalue weighted by molar-refractivity contribution is -0.119. The number of halogens is 1. The predicted octanol–water partition coefficient (Wildman–Crippen LogP) is 3.25. The molecule has 1 amide bonds. The van der Waals surface area contributed by atoms with Crippen molar-refractivity contribution < 1.29 is 17.6 Å². The van der Waals surface area contributed by atoms with E-state index in [4.69, 9.17) is 4.42 Å². The highest BCUT2D eigenvalue weighted by Gasteiger charge is 2.20. The Balaban J connectivity index is 1.77. The Bertz CT molecular complexity index is 810. The van der Waals surface area contributed by atoms with Gasteiger partial charge in [-0.15, -0.1) is 0 Å². The topological polar surface area (TPSA) is 79.6 Å². The summed E-state index contributed by atoms with van der Waals surface area (Å²) in [5.74, 6) is 2.27. The standard InChI is InChI=1S/C17H21BrN2O4S2/c1-26(22,23)20(15-6-2-5-14(18)11-15)12-17(21)19-8-4-10-25-13-16-7-3-9-24-16/h2-3,5-7,9,11H,4,8,10,12-13H2,1H3,(H,19,21). The molecule has 0 fully saturated rings. The Morgan fingerprint density at radius 1 is 1.31 bits per heavy atom. The molecular formula is C17H21BrN2O4S2. The van der Waals surface area contributed by atoms with E-state index in [0.717, 1.165) is 38.7 Å². The number of hydrogen-bond donors (Lipinski definition) is 1. The molecule has 1 aromatic carbocycles. The number of thioether (sulfide) groups is 1. The van der Waals surface area contributed by atoms with Gasteiger partial charge in [-0.3, -0.25) is 9.10 Å². The van der Waals surface area contributed by atoms with Crippen molar-refractivity contribution >= 4 is 49.3 Å². The average molecular weight is 461 g/mol. The van der Waals surface area contributed by atoms with Crippen LogP contribution in [0.25, 0.3) is 0 Å². The lowest BCUT2D eigenvalue weighted by Gasteiger charge is -2.22. The summed E-state index contributed by atoms with van der Waals surface area (Å²) in [5.41, 5.74) is 0.450. The highest BCUT2D eigenvalue weighted by molar-refractivity contribution is 9.10. The van der Waals surface area contributed by atoms with E-state index >= 15 is 0 Å². The molecule has 2 rings (SSSR count). The number of hydrogen-bond acceptors (Lipinski definition) is 5. The zero-order valence-corrected chi connectivity index (χ0v) is 17.6. The number of anilines is 1. The molecule has 1 heterocycles. The minimum absolute atomic E-state index is 0.241. The van der Waals surface area contributed by atoms with Crippen molar-refractivity contribution in [1.82, 2.24) is 5.32 Å². The van der Waals surface area contributed by atoms with Crippen LogP contribution in [0.3, 0.4) is 0 Å². The number of rotatable bonds is 10. The average Bonchev–Trinajstić information content (AvgIpc) is 3.08. The van der Waals surface area contributed by atoms with Gasteiger partial charge < -0.3 is 9.73 Å². The van der Waals surface area contributed by atoms with E-state index in [1.807, 2.05) is 12.1 Å². The number of carbonyl (C=O) groups excluding carboxylic acids is 1. The summed E-state index contributed by atoms with van der Waals surface area (Å²) < 4.78 is 31.1. The molecule has 1 aromatic heterocycles. The van der Waals surface area contributed by atoms with Gasteiger partial charge in [0.1, 0.15) is 12.3 Å². The first-order valence-corrected chi connectivity index (χ1v) is 11.8.